The zero-order valence-corrected chi connectivity index (χ0v) is 12.8. The van der Waals surface area contributed by atoms with E-state index in [0.717, 1.165) is 18.5 Å². The van der Waals surface area contributed by atoms with Crippen LogP contribution in [-0.2, 0) is 10.2 Å². The van der Waals surface area contributed by atoms with Crippen molar-refractivity contribution in [3.8, 4) is 0 Å². The molecule has 7 nitrogen and oxygen atoms in total. The second kappa shape index (κ2) is 6.66. The lowest BCUT2D eigenvalue weighted by atomic mass is 10.2. The van der Waals surface area contributed by atoms with Crippen LogP contribution in [0.2, 0.25) is 0 Å². The molecule has 1 atom stereocenters. The first kappa shape index (κ1) is 15.4. The smallest absolute Gasteiger partial charge is 0.279 e. The van der Waals surface area contributed by atoms with Crippen molar-refractivity contribution in [2.24, 2.45) is 0 Å². The minimum absolute atomic E-state index is 0.300. The van der Waals surface area contributed by atoms with Gasteiger partial charge < -0.3 is 5.32 Å². The van der Waals surface area contributed by atoms with Gasteiger partial charge in [-0.2, -0.15) is 22.5 Å². The van der Waals surface area contributed by atoms with E-state index in [9.17, 15) is 8.42 Å². The van der Waals surface area contributed by atoms with Crippen molar-refractivity contribution in [2.75, 3.05) is 20.1 Å². The lowest BCUT2D eigenvalue weighted by molar-refractivity contribution is 0.438. The van der Waals surface area contributed by atoms with E-state index >= 15 is 0 Å². The predicted octanol–water partition coefficient (Wildman–Crippen LogP) is 0.379. The van der Waals surface area contributed by atoms with Crippen LogP contribution < -0.4 is 10.0 Å². The summed E-state index contributed by atoms with van der Waals surface area (Å²) in [7, 11) is -1.86. The molecule has 0 radical (unpaired) electrons. The van der Waals surface area contributed by atoms with Gasteiger partial charge in [-0.15, -0.1) is 0 Å². The minimum atomic E-state index is -3.46. The van der Waals surface area contributed by atoms with E-state index in [0.29, 0.717) is 12.6 Å². The molecule has 0 amide bonds. The fraction of sp³-hybridized carbons (Fsp3) is 0.750. The Balaban J connectivity index is 1.75. The first-order valence-electron chi connectivity index (χ1n) is 6.94. The molecule has 0 aliphatic heterocycles. The summed E-state index contributed by atoms with van der Waals surface area (Å²) in [6, 6.07) is 0.363. The molecule has 0 bridgehead atoms. The maximum Gasteiger partial charge on any atom is 0.279 e. The summed E-state index contributed by atoms with van der Waals surface area (Å²) in [5, 5.41) is 9.87. The van der Waals surface area contributed by atoms with Gasteiger partial charge in [-0.3, -0.25) is 5.10 Å². The lowest BCUT2D eigenvalue weighted by Crippen LogP contribution is -2.40. The Hall–Kier alpha value is -0.960. The Morgan fingerprint density at radius 2 is 2.30 bits per heavy atom. The van der Waals surface area contributed by atoms with Crippen molar-refractivity contribution in [1.29, 1.82) is 0 Å². The van der Waals surface area contributed by atoms with E-state index in [-0.39, 0.29) is 6.04 Å². The van der Waals surface area contributed by atoms with E-state index < -0.39 is 10.2 Å². The van der Waals surface area contributed by atoms with Crippen molar-refractivity contribution >= 4 is 10.2 Å². The summed E-state index contributed by atoms with van der Waals surface area (Å²) in [6.07, 6.45) is 6.61. The van der Waals surface area contributed by atoms with Crippen LogP contribution in [0.4, 0.5) is 0 Å². The van der Waals surface area contributed by atoms with E-state index in [1.165, 1.54) is 17.1 Å². The number of hydrogen-bond donors (Lipinski definition) is 3. The molecule has 1 fully saturated rings. The van der Waals surface area contributed by atoms with Gasteiger partial charge in [0.15, 0.2) is 0 Å². The third-order valence-corrected chi connectivity index (χ3v) is 5.07. The number of nitrogens with one attached hydrogen (secondary N) is 3. The molecule has 0 aromatic carbocycles. The van der Waals surface area contributed by atoms with Crippen LogP contribution in [-0.4, -0.2) is 49.1 Å². The van der Waals surface area contributed by atoms with E-state index in [1.807, 2.05) is 0 Å². The third kappa shape index (κ3) is 4.55. The molecule has 1 heterocycles. The van der Waals surface area contributed by atoms with Gasteiger partial charge in [0, 0.05) is 37.4 Å². The second-order valence-electron chi connectivity index (χ2n) is 5.28. The molecule has 1 aliphatic rings. The van der Waals surface area contributed by atoms with Crippen molar-refractivity contribution in [1.82, 2.24) is 24.5 Å². The Kier molecular flexibility index (Phi) is 5.14. The van der Waals surface area contributed by atoms with Gasteiger partial charge in [0.25, 0.3) is 10.2 Å². The third-order valence-electron chi connectivity index (χ3n) is 3.42. The average molecular weight is 301 g/mol. The van der Waals surface area contributed by atoms with E-state index in [1.54, 1.807) is 26.4 Å². The molecule has 1 aromatic rings. The largest absolute Gasteiger partial charge is 0.314 e. The van der Waals surface area contributed by atoms with Crippen molar-refractivity contribution in [2.45, 2.75) is 38.3 Å². The van der Waals surface area contributed by atoms with Gasteiger partial charge >= 0.3 is 0 Å². The number of hydrogen-bond acceptors (Lipinski definition) is 4. The van der Waals surface area contributed by atoms with Gasteiger partial charge in [0.05, 0.1) is 6.20 Å². The standard InChI is InChI=1S/C12H23N5O2S/c1-10(11-8-14-15-9-11)16-20(18,19)17(2)7-3-6-13-12-4-5-12/h8-10,12-13,16H,3-7H2,1-2H3,(H,14,15). The molecule has 3 N–H and O–H groups in total. The Morgan fingerprint density at radius 1 is 1.55 bits per heavy atom. The molecule has 2 rings (SSSR count). The van der Waals surface area contributed by atoms with Crippen LogP contribution in [0.5, 0.6) is 0 Å². The number of H-pyrrole nitrogens is 1. The van der Waals surface area contributed by atoms with Crippen LogP contribution in [0.3, 0.4) is 0 Å². The fourth-order valence-electron chi connectivity index (χ4n) is 1.89. The predicted molar refractivity (Wildman–Crippen MR) is 77.3 cm³/mol. The second-order valence-corrected chi connectivity index (χ2v) is 7.09. The van der Waals surface area contributed by atoms with Crippen molar-refractivity contribution in [3.05, 3.63) is 18.0 Å². The first-order valence-corrected chi connectivity index (χ1v) is 8.38. The summed E-state index contributed by atoms with van der Waals surface area (Å²) >= 11 is 0. The van der Waals surface area contributed by atoms with Gasteiger partial charge in [-0.1, -0.05) is 0 Å². The Bertz CT molecular complexity index is 498. The summed E-state index contributed by atoms with van der Waals surface area (Å²) in [5.41, 5.74) is 0.817. The molecule has 1 aromatic heterocycles. The molecule has 20 heavy (non-hydrogen) atoms. The Morgan fingerprint density at radius 3 is 2.90 bits per heavy atom. The van der Waals surface area contributed by atoms with Crippen LogP contribution >= 0.6 is 0 Å². The molecule has 1 aliphatic carbocycles. The molecule has 1 unspecified atom stereocenters. The molecule has 1 saturated carbocycles. The normalized spacial score (nSPS) is 17.6. The molecule has 114 valence electrons. The summed E-state index contributed by atoms with van der Waals surface area (Å²) in [6.45, 7) is 3.17. The summed E-state index contributed by atoms with van der Waals surface area (Å²) < 4.78 is 28.3. The zero-order valence-electron chi connectivity index (χ0n) is 12.0. The van der Waals surface area contributed by atoms with E-state index in [2.05, 4.69) is 20.2 Å². The zero-order chi connectivity index (χ0) is 14.6. The average Bonchev–Trinajstić information content (AvgIpc) is 3.04. The fourth-order valence-corrected chi connectivity index (χ4v) is 3.03. The number of aromatic amines is 1. The van der Waals surface area contributed by atoms with Crippen molar-refractivity contribution in [3.63, 3.8) is 0 Å². The number of aromatic nitrogens is 2. The highest BCUT2D eigenvalue weighted by atomic mass is 32.2. The highest BCUT2D eigenvalue weighted by molar-refractivity contribution is 7.87. The van der Waals surface area contributed by atoms with Gasteiger partial charge in [0.1, 0.15) is 0 Å². The maximum atomic E-state index is 12.1. The highest BCUT2D eigenvalue weighted by Crippen LogP contribution is 2.18. The van der Waals surface area contributed by atoms with Crippen LogP contribution in [0, 0.1) is 0 Å². The molecule has 0 spiro atoms. The van der Waals surface area contributed by atoms with Gasteiger partial charge in [-0.05, 0) is 32.7 Å². The van der Waals surface area contributed by atoms with Crippen molar-refractivity contribution < 1.29 is 8.42 Å². The van der Waals surface area contributed by atoms with Gasteiger partial charge in [0.2, 0.25) is 0 Å². The summed E-state index contributed by atoms with van der Waals surface area (Å²) in [5.74, 6) is 0. The maximum absolute atomic E-state index is 12.1. The molecule has 8 heteroatoms. The van der Waals surface area contributed by atoms with Crippen LogP contribution in [0.15, 0.2) is 12.4 Å². The first-order chi connectivity index (χ1) is 9.49. The lowest BCUT2D eigenvalue weighted by Gasteiger charge is -2.20. The van der Waals surface area contributed by atoms with Crippen LogP contribution in [0.25, 0.3) is 0 Å². The van der Waals surface area contributed by atoms with Gasteiger partial charge in [-0.25, -0.2) is 0 Å². The quantitative estimate of drug-likeness (QED) is 0.575. The molecular weight excluding hydrogens is 278 g/mol. The monoisotopic (exact) mass is 301 g/mol. The SMILES string of the molecule is CC(NS(=O)(=O)N(C)CCCNC1CC1)c1cn[nH]c1. The highest BCUT2D eigenvalue weighted by Gasteiger charge is 2.22. The van der Waals surface area contributed by atoms with Crippen LogP contribution in [0.1, 0.15) is 37.8 Å². The molecular formula is C12H23N5O2S. The topological polar surface area (TPSA) is 90.1 Å². The minimum Gasteiger partial charge on any atom is -0.314 e. The molecule has 0 saturated heterocycles. The number of rotatable bonds is 9. The van der Waals surface area contributed by atoms with E-state index in [4.69, 9.17) is 0 Å². The Labute approximate surface area is 120 Å². The number of nitrogens with zero attached hydrogens (tertiary/aromatic N) is 2. The summed E-state index contributed by atoms with van der Waals surface area (Å²) in [4.78, 5) is 0.